The Labute approximate surface area is 142 Å². The van der Waals surface area contributed by atoms with Crippen LogP contribution in [0.2, 0.25) is 5.02 Å². The molecule has 0 radical (unpaired) electrons. The van der Waals surface area contributed by atoms with E-state index in [9.17, 15) is 4.79 Å². The van der Waals surface area contributed by atoms with E-state index >= 15 is 0 Å². The van der Waals surface area contributed by atoms with E-state index in [0.717, 1.165) is 17.8 Å². The lowest BCUT2D eigenvalue weighted by molar-refractivity contribution is -0.122. The second kappa shape index (κ2) is 8.65. The number of hydrogen-bond acceptors (Lipinski definition) is 3. The fraction of sp³-hybridized carbons (Fsp3) is 0.333. The van der Waals surface area contributed by atoms with Crippen molar-refractivity contribution in [2.45, 2.75) is 12.3 Å². The third-order valence-corrected chi connectivity index (χ3v) is 3.84. The maximum atomic E-state index is 12.6. The highest BCUT2D eigenvalue weighted by atomic mass is 35.5. The average molecular weight is 332 g/mol. The van der Waals surface area contributed by atoms with Gasteiger partial charge in [0.1, 0.15) is 0 Å². The summed E-state index contributed by atoms with van der Waals surface area (Å²) in [4.78, 5) is 19.0. The number of nitrogens with zero attached hydrogens (tertiary/aromatic N) is 2. The Morgan fingerprint density at radius 3 is 2.57 bits per heavy atom. The van der Waals surface area contributed by atoms with Crippen LogP contribution < -0.4 is 5.32 Å². The molecule has 2 aromatic rings. The van der Waals surface area contributed by atoms with Crippen molar-refractivity contribution in [1.82, 2.24) is 15.2 Å². The van der Waals surface area contributed by atoms with Crippen molar-refractivity contribution >= 4 is 17.5 Å². The normalized spacial score (nSPS) is 12.2. The fourth-order valence-corrected chi connectivity index (χ4v) is 2.44. The Balaban J connectivity index is 2.13. The lowest BCUT2D eigenvalue weighted by Gasteiger charge is -2.18. The molecular formula is C18H22ClN3O. The van der Waals surface area contributed by atoms with E-state index in [2.05, 4.69) is 10.3 Å². The van der Waals surface area contributed by atoms with Crippen molar-refractivity contribution in [2.75, 3.05) is 27.2 Å². The molecule has 1 aromatic heterocycles. The summed E-state index contributed by atoms with van der Waals surface area (Å²) in [5, 5.41) is 3.67. The van der Waals surface area contributed by atoms with E-state index < -0.39 is 0 Å². The second-order valence-electron chi connectivity index (χ2n) is 5.72. The van der Waals surface area contributed by atoms with Gasteiger partial charge >= 0.3 is 0 Å². The summed E-state index contributed by atoms with van der Waals surface area (Å²) < 4.78 is 0. The van der Waals surface area contributed by atoms with Crippen LogP contribution in [-0.4, -0.2) is 43.0 Å². The Morgan fingerprint density at radius 2 is 1.96 bits per heavy atom. The molecule has 1 unspecified atom stereocenters. The summed E-state index contributed by atoms with van der Waals surface area (Å²) in [5.74, 6) is -0.260. The molecule has 0 aliphatic carbocycles. The molecule has 0 fully saturated rings. The van der Waals surface area contributed by atoms with Crippen molar-refractivity contribution in [3.8, 4) is 0 Å². The number of benzene rings is 1. The number of nitrogens with one attached hydrogen (secondary N) is 1. The molecule has 1 aromatic carbocycles. The predicted octanol–water partition coefficient (Wildman–Crippen LogP) is 2.74. The maximum Gasteiger partial charge on any atom is 0.227 e. The summed E-state index contributed by atoms with van der Waals surface area (Å²) in [6.07, 6.45) is 2.31. The van der Waals surface area contributed by atoms with Gasteiger partial charge in [-0.25, -0.2) is 0 Å². The van der Waals surface area contributed by atoms with Crippen molar-refractivity contribution in [2.24, 2.45) is 0 Å². The van der Waals surface area contributed by atoms with Crippen molar-refractivity contribution in [1.29, 1.82) is 0 Å². The lowest BCUT2D eigenvalue weighted by atomic mass is 9.93. The topological polar surface area (TPSA) is 45.2 Å². The summed E-state index contributed by atoms with van der Waals surface area (Å²) in [5.41, 5.74) is 1.85. The molecule has 122 valence electrons. The number of aromatic nitrogens is 1. The third kappa shape index (κ3) is 5.66. The smallest absolute Gasteiger partial charge is 0.227 e. The van der Waals surface area contributed by atoms with Crippen molar-refractivity contribution in [3.63, 3.8) is 0 Å². The Bertz CT molecular complexity index is 614. The van der Waals surface area contributed by atoms with E-state index in [4.69, 9.17) is 11.6 Å². The molecule has 0 saturated heterocycles. The van der Waals surface area contributed by atoms with E-state index in [1.54, 1.807) is 6.20 Å². The number of carbonyl (C=O) groups excluding carboxylic acids is 1. The molecule has 1 heterocycles. The molecule has 1 N–H and O–H groups in total. The van der Waals surface area contributed by atoms with Gasteiger partial charge in [-0.1, -0.05) is 29.8 Å². The van der Waals surface area contributed by atoms with Crippen LogP contribution in [0.4, 0.5) is 0 Å². The van der Waals surface area contributed by atoms with Gasteiger partial charge < -0.3 is 10.2 Å². The molecule has 0 aliphatic heterocycles. The summed E-state index contributed by atoms with van der Waals surface area (Å²) in [7, 11) is 3.97. The number of amides is 1. The first-order chi connectivity index (χ1) is 11.1. The van der Waals surface area contributed by atoms with Crippen LogP contribution >= 0.6 is 11.6 Å². The first kappa shape index (κ1) is 17.4. The first-order valence-electron chi connectivity index (χ1n) is 7.64. The Hall–Kier alpha value is -1.91. The molecule has 0 bridgehead atoms. The fourth-order valence-electron chi connectivity index (χ4n) is 2.31. The van der Waals surface area contributed by atoms with Gasteiger partial charge in [-0.15, -0.1) is 0 Å². The quantitative estimate of drug-likeness (QED) is 0.848. The predicted molar refractivity (Wildman–Crippen MR) is 93.7 cm³/mol. The lowest BCUT2D eigenvalue weighted by Crippen LogP contribution is -2.35. The minimum absolute atomic E-state index is 0.0137. The van der Waals surface area contributed by atoms with E-state index in [-0.39, 0.29) is 11.8 Å². The molecule has 0 saturated carbocycles. The minimum Gasteiger partial charge on any atom is -0.354 e. The number of likely N-dealkylation sites (N-methyl/N-ethyl adjacent to an activating group) is 1. The highest BCUT2D eigenvalue weighted by Gasteiger charge is 2.21. The third-order valence-electron chi connectivity index (χ3n) is 3.59. The van der Waals surface area contributed by atoms with Gasteiger partial charge in [0.25, 0.3) is 0 Å². The monoisotopic (exact) mass is 331 g/mol. The van der Waals surface area contributed by atoms with Crippen molar-refractivity contribution in [3.05, 3.63) is 64.9 Å². The number of carbonyl (C=O) groups is 1. The van der Waals surface area contributed by atoms with E-state index in [1.165, 1.54) is 0 Å². The second-order valence-corrected chi connectivity index (χ2v) is 6.16. The van der Waals surface area contributed by atoms with Crippen LogP contribution in [0.15, 0.2) is 48.7 Å². The zero-order chi connectivity index (χ0) is 16.7. The number of hydrogen-bond donors (Lipinski definition) is 1. The standard InChI is InChI=1S/C18H22ClN3O/c1-22(2)12-11-21-18(23)17(13-16-5-3-4-10-20-16)14-6-8-15(19)9-7-14/h3-10,17H,11-13H2,1-2H3,(H,21,23). The van der Waals surface area contributed by atoms with Gasteiger partial charge in [-0.3, -0.25) is 9.78 Å². The van der Waals surface area contributed by atoms with Crippen LogP contribution in [0.25, 0.3) is 0 Å². The van der Waals surface area contributed by atoms with Crippen LogP contribution in [0.5, 0.6) is 0 Å². The van der Waals surface area contributed by atoms with Crippen LogP contribution in [0, 0.1) is 0 Å². The summed E-state index contributed by atoms with van der Waals surface area (Å²) in [6, 6.07) is 13.2. The molecule has 23 heavy (non-hydrogen) atoms. The molecule has 0 aliphatic rings. The molecule has 5 heteroatoms. The molecule has 1 amide bonds. The SMILES string of the molecule is CN(C)CCNC(=O)C(Cc1ccccn1)c1ccc(Cl)cc1. The Morgan fingerprint density at radius 1 is 1.22 bits per heavy atom. The number of halogens is 1. The average Bonchev–Trinajstić information content (AvgIpc) is 2.54. The molecule has 0 spiro atoms. The van der Waals surface area contributed by atoms with Gasteiger partial charge in [0.2, 0.25) is 5.91 Å². The van der Waals surface area contributed by atoms with Crippen LogP contribution in [0.1, 0.15) is 17.2 Å². The Kier molecular flexibility index (Phi) is 6.56. The van der Waals surface area contributed by atoms with Gasteiger partial charge in [-0.05, 0) is 43.9 Å². The molecular weight excluding hydrogens is 310 g/mol. The summed E-state index contributed by atoms with van der Waals surface area (Å²) >= 11 is 5.96. The number of rotatable bonds is 7. The zero-order valence-electron chi connectivity index (χ0n) is 13.5. The molecule has 2 rings (SSSR count). The van der Waals surface area contributed by atoms with Crippen LogP contribution in [-0.2, 0) is 11.2 Å². The zero-order valence-corrected chi connectivity index (χ0v) is 14.3. The highest BCUT2D eigenvalue weighted by Crippen LogP contribution is 2.22. The highest BCUT2D eigenvalue weighted by molar-refractivity contribution is 6.30. The number of pyridine rings is 1. The largest absolute Gasteiger partial charge is 0.354 e. The maximum absolute atomic E-state index is 12.6. The van der Waals surface area contributed by atoms with Gasteiger partial charge in [0.05, 0.1) is 5.92 Å². The van der Waals surface area contributed by atoms with Gasteiger partial charge in [0, 0.05) is 36.4 Å². The van der Waals surface area contributed by atoms with Crippen LogP contribution in [0.3, 0.4) is 0 Å². The summed E-state index contributed by atoms with van der Waals surface area (Å²) in [6.45, 7) is 1.43. The molecule has 4 nitrogen and oxygen atoms in total. The first-order valence-corrected chi connectivity index (χ1v) is 8.02. The minimum atomic E-state index is -0.274. The van der Waals surface area contributed by atoms with E-state index in [1.807, 2.05) is 61.5 Å². The van der Waals surface area contributed by atoms with E-state index in [0.29, 0.717) is 18.0 Å². The van der Waals surface area contributed by atoms with Gasteiger partial charge in [-0.2, -0.15) is 0 Å². The van der Waals surface area contributed by atoms with Crippen molar-refractivity contribution < 1.29 is 4.79 Å². The molecule has 1 atom stereocenters. The van der Waals surface area contributed by atoms with Gasteiger partial charge in [0.15, 0.2) is 0 Å².